The van der Waals surface area contributed by atoms with Crippen molar-refractivity contribution in [3.63, 3.8) is 0 Å². The predicted octanol–water partition coefficient (Wildman–Crippen LogP) is -0.0663. The van der Waals surface area contributed by atoms with E-state index in [1.54, 1.807) is 9.80 Å². The maximum absolute atomic E-state index is 11.2. The number of esters is 2. The van der Waals surface area contributed by atoms with Crippen LogP contribution in [0, 0.1) is 0 Å². The van der Waals surface area contributed by atoms with E-state index in [1.165, 1.54) is 0 Å². The van der Waals surface area contributed by atoms with Crippen LogP contribution >= 0.6 is 0 Å². The monoisotopic (exact) mass is 246 g/mol. The van der Waals surface area contributed by atoms with E-state index in [0.717, 1.165) is 13.1 Å². The van der Waals surface area contributed by atoms with Gasteiger partial charge in [0.05, 0.1) is 13.1 Å². The highest BCUT2D eigenvalue weighted by Crippen LogP contribution is 1.89. The first-order chi connectivity index (χ1) is 7.99. The number of likely N-dealkylation sites (N-methyl/N-ethyl adjacent to an activating group) is 2. The Hall–Kier alpha value is -1.14. The molecule has 0 amide bonds. The van der Waals surface area contributed by atoms with Gasteiger partial charge in [-0.2, -0.15) is 0 Å². The van der Waals surface area contributed by atoms with Crippen molar-refractivity contribution in [3.05, 3.63) is 0 Å². The molecule has 0 N–H and O–H groups in total. The van der Waals surface area contributed by atoms with E-state index < -0.39 is 11.9 Å². The molecule has 0 unspecified atom stereocenters. The smallest absolute Gasteiger partial charge is 0.323 e. The fourth-order valence-electron chi connectivity index (χ4n) is 0.917. The van der Waals surface area contributed by atoms with E-state index in [-0.39, 0.29) is 19.9 Å². The number of hydrogen-bond donors (Lipinski definition) is 0. The van der Waals surface area contributed by atoms with E-state index in [0.29, 0.717) is 0 Å². The molecule has 0 spiro atoms. The van der Waals surface area contributed by atoms with Crippen molar-refractivity contribution in [2.24, 2.45) is 0 Å². The first-order valence-electron chi connectivity index (χ1n) is 5.67. The zero-order valence-electron chi connectivity index (χ0n) is 11.1. The second-order valence-electron chi connectivity index (χ2n) is 3.81. The van der Waals surface area contributed by atoms with Crippen LogP contribution in [0.1, 0.15) is 13.8 Å². The highest BCUT2D eigenvalue weighted by molar-refractivity contribution is 5.73. The van der Waals surface area contributed by atoms with Crippen LogP contribution in [0.4, 0.5) is 0 Å². The Balaban J connectivity index is 3.62. The molecule has 0 rings (SSSR count). The molecule has 0 heterocycles. The van der Waals surface area contributed by atoms with E-state index in [1.807, 2.05) is 27.9 Å². The molecule has 0 aliphatic carbocycles. The van der Waals surface area contributed by atoms with Crippen LogP contribution in [0.5, 0.6) is 0 Å². The summed E-state index contributed by atoms with van der Waals surface area (Å²) in [6.45, 7) is 5.48. The second kappa shape index (κ2) is 8.95. The summed E-state index contributed by atoms with van der Waals surface area (Å²) in [5.41, 5.74) is 0. The first-order valence-corrected chi connectivity index (χ1v) is 5.67. The topological polar surface area (TPSA) is 59.1 Å². The van der Waals surface area contributed by atoms with Crippen molar-refractivity contribution in [2.75, 3.05) is 47.1 Å². The number of rotatable bonds is 8. The van der Waals surface area contributed by atoms with Gasteiger partial charge in [-0.05, 0) is 27.2 Å². The molecule has 0 aromatic heterocycles. The van der Waals surface area contributed by atoms with Gasteiger partial charge in [-0.25, -0.2) is 0 Å². The lowest BCUT2D eigenvalue weighted by Crippen LogP contribution is -2.30. The van der Waals surface area contributed by atoms with Gasteiger partial charge < -0.3 is 9.47 Å². The Morgan fingerprint density at radius 1 is 0.882 bits per heavy atom. The average Bonchev–Trinajstić information content (AvgIpc) is 2.28. The summed E-state index contributed by atoms with van der Waals surface area (Å²) in [4.78, 5) is 26.0. The molecule has 0 aliphatic heterocycles. The molecule has 17 heavy (non-hydrogen) atoms. The van der Waals surface area contributed by atoms with Gasteiger partial charge in [0.1, 0.15) is 0 Å². The zero-order valence-corrected chi connectivity index (χ0v) is 11.1. The SMILES string of the molecule is CCN(C)CC(=O)OCOC(=O)CN(C)CC. The molecule has 0 aromatic carbocycles. The fourth-order valence-corrected chi connectivity index (χ4v) is 0.917. The lowest BCUT2D eigenvalue weighted by Gasteiger charge is -2.14. The van der Waals surface area contributed by atoms with Gasteiger partial charge in [0, 0.05) is 0 Å². The van der Waals surface area contributed by atoms with Crippen LogP contribution in [0.2, 0.25) is 0 Å². The number of hydrogen-bond acceptors (Lipinski definition) is 6. The van der Waals surface area contributed by atoms with Gasteiger partial charge in [-0.1, -0.05) is 13.8 Å². The molecule has 0 atom stereocenters. The lowest BCUT2D eigenvalue weighted by atomic mass is 10.5. The molecule has 6 heteroatoms. The van der Waals surface area contributed by atoms with E-state index in [2.05, 4.69) is 0 Å². The minimum atomic E-state index is -0.397. The van der Waals surface area contributed by atoms with Gasteiger partial charge in [0.2, 0.25) is 6.79 Å². The summed E-state index contributed by atoms with van der Waals surface area (Å²) in [5, 5.41) is 0. The van der Waals surface area contributed by atoms with Crippen molar-refractivity contribution in [3.8, 4) is 0 Å². The molecular formula is C11H22N2O4. The van der Waals surface area contributed by atoms with Crippen LogP contribution in [0.25, 0.3) is 0 Å². The van der Waals surface area contributed by atoms with Crippen LogP contribution in [-0.4, -0.2) is 68.8 Å². The Morgan fingerprint density at radius 2 is 1.24 bits per heavy atom. The van der Waals surface area contributed by atoms with Crippen LogP contribution in [0.15, 0.2) is 0 Å². The van der Waals surface area contributed by atoms with Crippen molar-refractivity contribution in [2.45, 2.75) is 13.8 Å². The Morgan fingerprint density at radius 3 is 1.53 bits per heavy atom. The van der Waals surface area contributed by atoms with Crippen molar-refractivity contribution < 1.29 is 19.1 Å². The van der Waals surface area contributed by atoms with Gasteiger partial charge in [0.25, 0.3) is 0 Å². The largest absolute Gasteiger partial charge is 0.427 e. The molecule has 0 aromatic rings. The lowest BCUT2D eigenvalue weighted by molar-refractivity contribution is -0.168. The van der Waals surface area contributed by atoms with Crippen LogP contribution in [0.3, 0.4) is 0 Å². The maximum Gasteiger partial charge on any atom is 0.323 e. The molecule has 0 fully saturated rings. The molecule has 6 nitrogen and oxygen atoms in total. The standard InChI is InChI=1S/C11H22N2O4/c1-5-12(3)7-10(14)16-9-17-11(15)8-13(4)6-2/h5-9H2,1-4H3. The first kappa shape index (κ1) is 15.9. The predicted molar refractivity (Wildman–Crippen MR) is 63.4 cm³/mol. The quantitative estimate of drug-likeness (QED) is 0.441. The van der Waals surface area contributed by atoms with E-state index >= 15 is 0 Å². The normalized spacial score (nSPS) is 10.7. The highest BCUT2D eigenvalue weighted by atomic mass is 16.7. The number of nitrogens with zero attached hydrogens (tertiary/aromatic N) is 2. The summed E-state index contributed by atoms with van der Waals surface area (Å²) in [7, 11) is 3.62. The molecule has 100 valence electrons. The third-order valence-electron chi connectivity index (χ3n) is 2.32. The molecule has 0 aliphatic rings. The van der Waals surface area contributed by atoms with Gasteiger partial charge in [-0.3, -0.25) is 19.4 Å². The zero-order chi connectivity index (χ0) is 13.3. The van der Waals surface area contributed by atoms with E-state index in [9.17, 15) is 9.59 Å². The van der Waals surface area contributed by atoms with E-state index in [4.69, 9.17) is 9.47 Å². The minimum Gasteiger partial charge on any atom is -0.427 e. The molecule has 0 bridgehead atoms. The van der Waals surface area contributed by atoms with Gasteiger partial charge in [-0.15, -0.1) is 0 Å². The Bertz CT molecular complexity index is 222. The third-order valence-corrected chi connectivity index (χ3v) is 2.32. The van der Waals surface area contributed by atoms with Gasteiger partial charge >= 0.3 is 11.9 Å². The molecule has 0 radical (unpaired) electrons. The average molecular weight is 246 g/mol. The van der Waals surface area contributed by atoms with Gasteiger partial charge in [0.15, 0.2) is 0 Å². The second-order valence-corrected chi connectivity index (χ2v) is 3.81. The van der Waals surface area contributed by atoms with Crippen LogP contribution < -0.4 is 0 Å². The molecule has 0 saturated carbocycles. The minimum absolute atomic E-state index is 0.197. The highest BCUT2D eigenvalue weighted by Gasteiger charge is 2.09. The Labute approximate surface area is 102 Å². The summed E-state index contributed by atoms with van der Waals surface area (Å²) in [6.07, 6.45) is 0. The number of carbonyl (C=O) groups is 2. The number of ether oxygens (including phenoxy) is 2. The van der Waals surface area contributed by atoms with Crippen molar-refractivity contribution in [1.29, 1.82) is 0 Å². The van der Waals surface area contributed by atoms with Crippen molar-refractivity contribution in [1.82, 2.24) is 9.80 Å². The molecular weight excluding hydrogens is 224 g/mol. The van der Waals surface area contributed by atoms with Crippen molar-refractivity contribution >= 4 is 11.9 Å². The molecule has 0 saturated heterocycles. The third kappa shape index (κ3) is 8.65. The summed E-state index contributed by atoms with van der Waals surface area (Å²) < 4.78 is 9.52. The van der Waals surface area contributed by atoms with Crippen LogP contribution in [-0.2, 0) is 19.1 Å². The summed E-state index contributed by atoms with van der Waals surface area (Å²) in [6, 6.07) is 0. The summed E-state index contributed by atoms with van der Waals surface area (Å²) in [5.74, 6) is -0.794. The summed E-state index contributed by atoms with van der Waals surface area (Å²) >= 11 is 0. The fraction of sp³-hybridized carbons (Fsp3) is 0.818. The number of carbonyl (C=O) groups excluding carboxylic acids is 2. The maximum atomic E-state index is 11.2. The Kier molecular flexibility index (Phi) is 8.35.